The monoisotopic (exact) mass is 208 g/mol. The summed E-state index contributed by atoms with van der Waals surface area (Å²) in [5, 5.41) is 8.95. The summed E-state index contributed by atoms with van der Waals surface area (Å²) in [6.45, 7) is 8.22. The molecule has 1 aliphatic rings. The second-order valence-corrected chi connectivity index (χ2v) is 5.23. The van der Waals surface area contributed by atoms with Crippen LogP contribution in [0.25, 0.3) is 0 Å². The third kappa shape index (κ3) is 2.95. The second-order valence-electron chi connectivity index (χ2n) is 5.23. The Labute approximate surface area is 92.1 Å². The van der Waals surface area contributed by atoms with Gasteiger partial charge in [0.1, 0.15) is 5.41 Å². The Kier molecular flexibility index (Phi) is 3.38. The van der Waals surface area contributed by atoms with Crippen molar-refractivity contribution >= 4 is 5.91 Å². The zero-order valence-corrected chi connectivity index (χ0v) is 10.1. The summed E-state index contributed by atoms with van der Waals surface area (Å²) in [5.41, 5.74) is -0.890. The lowest BCUT2D eigenvalue weighted by molar-refractivity contribution is -0.139. The molecule has 0 N–H and O–H groups in total. The van der Waals surface area contributed by atoms with Gasteiger partial charge in [-0.05, 0) is 46.5 Å². The number of hydrogen-bond donors (Lipinski definition) is 0. The number of carbonyl (C=O) groups is 1. The Morgan fingerprint density at radius 1 is 1.53 bits per heavy atom. The van der Waals surface area contributed by atoms with E-state index in [1.165, 1.54) is 12.8 Å². The molecule has 1 aliphatic carbocycles. The van der Waals surface area contributed by atoms with Crippen LogP contribution in [-0.2, 0) is 4.79 Å². The number of amides is 1. The van der Waals surface area contributed by atoms with Gasteiger partial charge in [-0.1, -0.05) is 0 Å². The molecule has 0 aromatic heterocycles. The summed E-state index contributed by atoms with van der Waals surface area (Å²) in [5.74, 6) is 0.637. The van der Waals surface area contributed by atoms with E-state index in [0.29, 0.717) is 5.92 Å². The SMILES string of the molecule is CC(C)N(CC1CC1)C(=O)C(C)(C)C#N. The van der Waals surface area contributed by atoms with Gasteiger partial charge in [-0.15, -0.1) is 0 Å². The first-order chi connectivity index (χ1) is 6.88. The van der Waals surface area contributed by atoms with Gasteiger partial charge in [0.2, 0.25) is 5.91 Å². The number of carbonyl (C=O) groups excluding carboxylic acids is 1. The van der Waals surface area contributed by atoms with Crippen molar-refractivity contribution in [3.05, 3.63) is 0 Å². The van der Waals surface area contributed by atoms with Crippen LogP contribution in [0.4, 0.5) is 0 Å². The lowest BCUT2D eigenvalue weighted by atomic mass is 9.93. The van der Waals surface area contributed by atoms with Gasteiger partial charge in [0, 0.05) is 12.6 Å². The van der Waals surface area contributed by atoms with Crippen molar-refractivity contribution in [2.24, 2.45) is 11.3 Å². The van der Waals surface area contributed by atoms with E-state index in [9.17, 15) is 4.79 Å². The predicted octanol–water partition coefficient (Wildman–Crippen LogP) is 2.18. The largest absolute Gasteiger partial charge is 0.339 e. The molecule has 15 heavy (non-hydrogen) atoms. The molecular formula is C12H20N2O. The maximum Gasteiger partial charge on any atom is 0.242 e. The van der Waals surface area contributed by atoms with Gasteiger partial charge >= 0.3 is 0 Å². The first-order valence-corrected chi connectivity index (χ1v) is 5.61. The van der Waals surface area contributed by atoms with Crippen LogP contribution in [0.5, 0.6) is 0 Å². The van der Waals surface area contributed by atoms with Crippen LogP contribution in [0.2, 0.25) is 0 Å². The molecule has 84 valence electrons. The first kappa shape index (κ1) is 12.0. The molecule has 1 rings (SSSR count). The van der Waals surface area contributed by atoms with Crippen molar-refractivity contribution in [1.82, 2.24) is 4.90 Å². The maximum absolute atomic E-state index is 12.1. The van der Waals surface area contributed by atoms with E-state index in [-0.39, 0.29) is 11.9 Å². The number of hydrogen-bond acceptors (Lipinski definition) is 2. The van der Waals surface area contributed by atoms with Gasteiger partial charge in [-0.3, -0.25) is 4.79 Å². The van der Waals surface area contributed by atoms with Crippen LogP contribution in [0, 0.1) is 22.7 Å². The Morgan fingerprint density at radius 2 is 2.07 bits per heavy atom. The minimum atomic E-state index is -0.890. The van der Waals surface area contributed by atoms with Crippen molar-refractivity contribution in [2.45, 2.75) is 46.6 Å². The van der Waals surface area contributed by atoms with E-state index in [0.717, 1.165) is 6.54 Å². The van der Waals surface area contributed by atoms with E-state index < -0.39 is 5.41 Å². The van der Waals surface area contributed by atoms with Gasteiger partial charge in [0.25, 0.3) is 0 Å². The van der Waals surface area contributed by atoms with Gasteiger partial charge in [0.15, 0.2) is 0 Å². The summed E-state index contributed by atoms with van der Waals surface area (Å²) < 4.78 is 0. The number of rotatable bonds is 4. The Balaban J connectivity index is 2.70. The van der Waals surface area contributed by atoms with Crippen LogP contribution >= 0.6 is 0 Å². The third-order valence-corrected chi connectivity index (χ3v) is 2.85. The fraction of sp³-hybridized carbons (Fsp3) is 0.833. The molecule has 0 bridgehead atoms. The molecule has 0 unspecified atom stereocenters. The van der Waals surface area contributed by atoms with Gasteiger partial charge in [-0.2, -0.15) is 5.26 Å². The number of nitrogens with zero attached hydrogens (tertiary/aromatic N) is 2. The molecule has 0 radical (unpaired) electrons. The average Bonchev–Trinajstić information content (AvgIpc) is 2.96. The van der Waals surface area contributed by atoms with Crippen molar-refractivity contribution in [1.29, 1.82) is 5.26 Å². The highest BCUT2D eigenvalue weighted by atomic mass is 16.2. The zero-order valence-electron chi connectivity index (χ0n) is 10.1. The van der Waals surface area contributed by atoms with E-state index in [2.05, 4.69) is 6.07 Å². The third-order valence-electron chi connectivity index (χ3n) is 2.85. The smallest absolute Gasteiger partial charge is 0.242 e. The standard InChI is InChI=1S/C12H20N2O/c1-9(2)14(7-10-5-6-10)11(15)12(3,4)8-13/h9-10H,5-7H2,1-4H3. The highest BCUT2D eigenvalue weighted by molar-refractivity contribution is 5.84. The topological polar surface area (TPSA) is 44.1 Å². The highest BCUT2D eigenvalue weighted by Crippen LogP contribution is 2.31. The molecular weight excluding hydrogens is 188 g/mol. The summed E-state index contributed by atoms with van der Waals surface area (Å²) in [6.07, 6.45) is 2.45. The van der Waals surface area contributed by atoms with Crippen molar-refractivity contribution < 1.29 is 4.79 Å². The number of nitriles is 1. The predicted molar refractivity (Wildman–Crippen MR) is 59.0 cm³/mol. The van der Waals surface area contributed by atoms with E-state index >= 15 is 0 Å². The molecule has 0 aromatic carbocycles. The lowest BCUT2D eigenvalue weighted by Gasteiger charge is -2.31. The molecule has 0 atom stereocenters. The molecule has 1 amide bonds. The van der Waals surface area contributed by atoms with Gasteiger partial charge in [0.05, 0.1) is 6.07 Å². The van der Waals surface area contributed by atoms with Crippen LogP contribution < -0.4 is 0 Å². The molecule has 0 spiro atoms. The molecule has 0 heterocycles. The van der Waals surface area contributed by atoms with Gasteiger partial charge < -0.3 is 4.90 Å². The minimum absolute atomic E-state index is 0.0353. The van der Waals surface area contributed by atoms with E-state index in [4.69, 9.17) is 5.26 Å². The quantitative estimate of drug-likeness (QED) is 0.710. The van der Waals surface area contributed by atoms with Crippen LogP contribution in [0.1, 0.15) is 40.5 Å². The Hall–Kier alpha value is -1.04. The summed E-state index contributed by atoms with van der Waals surface area (Å²) in [6, 6.07) is 2.26. The summed E-state index contributed by atoms with van der Waals surface area (Å²) >= 11 is 0. The second kappa shape index (κ2) is 4.22. The minimum Gasteiger partial charge on any atom is -0.339 e. The molecule has 3 heteroatoms. The van der Waals surface area contributed by atoms with Crippen molar-refractivity contribution in [3.8, 4) is 6.07 Å². The molecule has 3 nitrogen and oxygen atoms in total. The lowest BCUT2D eigenvalue weighted by Crippen LogP contribution is -2.45. The average molecular weight is 208 g/mol. The Bertz CT molecular complexity index is 284. The fourth-order valence-electron chi connectivity index (χ4n) is 1.51. The van der Waals surface area contributed by atoms with Gasteiger partial charge in [-0.25, -0.2) is 0 Å². The Morgan fingerprint density at radius 3 is 2.40 bits per heavy atom. The van der Waals surface area contributed by atoms with Crippen molar-refractivity contribution in [2.75, 3.05) is 6.54 Å². The van der Waals surface area contributed by atoms with Crippen molar-refractivity contribution in [3.63, 3.8) is 0 Å². The summed E-state index contributed by atoms with van der Waals surface area (Å²) in [4.78, 5) is 14.0. The molecule has 1 saturated carbocycles. The maximum atomic E-state index is 12.1. The van der Waals surface area contributed by atoms with Crippen LogP contribution in [0.15, 0.2) is 0 Å². The highest BCUT2D eigenvalue weighted by Gasteiger charge is 2.36. The van der Waals surface area contributed by atoms with Crippen LogP contribution in [-0.4, -0.2) is 23.4 Å². The van der Waals surface area contributed by atoms with E-state index in [1.807, 2.05) is 18.7 Å². The normalized spacial score (nSPS) is 16.3. The summed E-state index contributed by atoms with van der Waals surface area (Å²) in [7, 11) is 0. The molecule has 0 aliphatic heterocycles. The molecule has 0 saturated heterocycles. The first-order valence-electron chi connectivity index (χ1n) is 5.61. The fourth-order valence-corrected chi connectivity index (χ4v) is 1.51. The molecule has 0 aromatic rings. The zero-order chi connectivity index (χ0) is 11.6. The molecule has 1 fully saturated rings. The van der Waals surface area contributed by atoms with E-state index in [1.54, 1.807) is 13.8 Å². The van der Waals surface area contributed by atoms with Crippen LogP contribution in [0.3, 0.4) is 0 Å².